The molecule has 0 aromatic heterocycles. The van der Waals surface area contributed by atoms with Crippen LogP contribution in [-0.2, 0) is 27.9 Å². The van der Waals surface area contributed by atoms with Gasteiger partial charge in [-0.05, 0) is 51.4 Å². The molecule has 0 saturated carbocycles. The number of nitrogens with zero attached hydrogens (tertiary/aromatic N) is 1. The quantitative estimate of drug-likeness (QED) is 0.0214. The highest BCUT2D eigenvalue weighted by Gasteiger charge is 2.26. The fourth-order valence-corrected chi connectivity index (χ4v) is 8.11. The first kappa shape index (κ1) is 61.5. The van der Waals surface area contributed by atoms with Crippen molar-refractivity contribution in [2.24, 2.45) is 0 Å². The van der Waals surface area contributed by atoms with Gasteiger partial charge in [-0.15, -0.1) is 0 Å². The SMILES string of the molecule is CC/C=C\C/C=C\C/C=C\C/C=C\CCCCCOCC(COP(=O)(O)OCC[N+](C)(C)C)OC(=O)CCCCCCCCCCCCCCCCCCCCCCCCCCC. The molecular weight excluding hydrogens is 806 g/mol. The lowest BCUT2D eigenvalue weighted by Crippen LogP contribution is -2.37. The number of likely N-dealkylation sites (N-methyl/N-ethyl adjacent to an activating group) is 1. The molecule has 8 nitrogen and oxygen atoms in total. The monoisotopic (exact) mass is 909 g/mol. The Bertz CT molecular complexity index is 1150. The van der Waals surface area contributed by atoms with Gasteiger partial charge in [0.1, 0.15) is 19.3 Å². The molecule has 0 heterocycles. The van der Waals surface area contributed by atoms with Crippen LogP contribution >= 0.6 is 7.82 Å². The summed E-state index contributed by atoms with van der Waals surface area (Å²) in [6.45, 7) is 5.46. The van der Waals surface area contributed by atoms with Gasteiger partial charge < -0.3 is 18.9 Å². The second kappa shape index (κ2) is 47.0. The Labute approximate surface area is 390 Å². The van der Waals surface area contributed by atoms with Crippen LogP contribution in [0.5, 0.6) is 0 Å². The van der Waals surface area contributed by atoms with Gasteiger partial charge in [0.15, 0.2) is 0 Å². The standard InChI is InChI=1S/C54H102NO7P/c1-6-8-10-12-14-16-18-20-22-24-25-26-27-28-29-30-31-32-33-35-37-39-41-43-45-47-54(56)62-53(52-61-63(57,58)60-50-48-55(3,4)5)51-59-49-46-44-42-40-38-36-34-23-21-19-17-15-13-11-9-7-2/h9,11,15,17,21,23,36,38,53H,6-8,10,12-14,16,18-20,22,24-35,37,39-52H2,1-5H3/p+1/b11-9-,17-15-,23-21-,38-36-. The van der Waals surface area contributed by atoms with Crippen LogP contribution in [0.15, 0.2) is 48.6 Å². The van der Waals surface area contributed by atoms with Crippen molar-refractivity contribution in [3.63, 3.8) is 0 Å². The Balaban J connectivity index is 4.09. The zero-order valence-corrected chi connectivity index (χ0v) is 43.0. The maximum absolute atomic E-state index is 12.8. The molecule has 9 heteroatoms. The van der Waals surface area contributed by atoms with E-state index >= 15 is 0 Å². The molecule has 0 aromatic rings. The molecule has 1 N–H and O–H groups in total. The first-order valence-electron chi connectivity index (χ1n) is 26.4. The van der Waals surface area contributed by atoms with Crippen LogP contribution < -0.4 is 0 Å². The fraction of sp³-hybridized carbons (Fsp3) is 0.833. The average Bonchev–Trinajstić information content (AvgIpc) is 3.24. The Hall–Kier alpha value is -1.54. The van der Waals surface area contributed by atoms with E-state index in [1.165, 1.54) is 141 Å². The van der Waals surface area contributed by atoms with E-state index < -0.39 is 13.9 Å². The normalized spacial score (nSPS) is 13.9. The number of esters is 1. The van der Waals surface area contributed by atoms with Gasteiger partial charge in [0, 0.05) is 13.0 Å². The molecule has 0 amide bonds. The highest BCUT2D eigenvalue weighted by Crippen LogP contribution is 2.43. The maximum atomic E-state index is 12.8. The molecule has 0 aliphatic heterocycles. The summed E-state index contributed by atoms with van der Waals surface area (Å²) < 4.78 is 35.1. The van der Waals surface area contributed by atoms with E-state index in [1.54, 1.807) is 0 Å². The number of hydrogen-bond donors (Lipinski definition) is 1. The van der Waals surface area contributed by atoms with Gasteiger partial charge >= 0.3 is 13.8 Å². The Morgan fingerprint density at radius 3 is 1.37 bits per heavy atom. The number of hydrogen-bond acceptors (Lipinski definition) is 6. The molecule has 0 fully saturated rings. The number of rotatable bonds is 49. The van der Waals surface area contributed by atoms with E-state index in [9.17, 15) is 14.3 Å². The first-order chi connectivity index (χ1) is 30.6. The average molecular weight is 909 g/mol. The number of carbonyl (C=O) groups excluding carboxylic acids is 1. The van der Waals surface area contributed by atoms with Gasteiger partial charge in [0.2, 0.25) is 0 Å². The summed E-state index contributed by atoms with van der Waals surface area (Å²) in [5.74, 6) is -0.321. The van der Waals surface area contributed by atoms with Gasteiger partial charge in [0.25, 0.3) is 0 Å². The molecule has 0 rings (SSSR count). The van der Waals surface area contributed by atoms with Crippen LogP contribution in [0.1, 0.15) is 232 Å². The van der Waals surface area contributed by atoms with E-state index in [2.05, 4.69) is 62.5 Å². The van der Waals surface area contributed by atoms with Crippen LogP contribution in [0.2, 0.25) is 0 Å². The van der Waals surface area contributed by atoms with Crippen molar-refractivity contribution in [1.82, 2.24) is 0 Å². The van der Waals surface area contributed by atoms with Crippen molar-refractivity contribution in [2.45, 2.75) is 238 Å². The Morgan fingerprint density at radius 1 is 0.508 bits per heavy atom. The number of ether oxygens (including phenoxy) is 2. The van der Waals surface area contributed by atoms with Crippen molar-refractivity contribution >= 4 is 13.8 Å². The second-order valence-electron chi connectivity index (χ2n) is 18.9. The zero-order valence-electron chi connectivity index (χ0n) is 42.1. The zero-order chi connectivity index (χ0) is 46.2. The topological polar surface area (TPSA) is 91.3 Å². The van der Waals surface area contributed by atoms with Crippen molar-refractivity contribution in [1.29, 1.82) is 0 Å². The summed E-state index contributed by atoms with van der Waals surface area (Å²) in [6.07, 6.45) is 58.9. The van der Waals surface area contributed by atoms with Gasteiger partial charge in [-0.25, -0.2) is 4.57 Å². The largest absolute Gasteiger partial charge is 0.472 e. The molecule has 0 radical (unpaired) electrons. The van der Waals surface area contributed by atoms with Crippen molar-refractivity contribution in [3.05, 3.63) is 48.6 Å². The highest BCUT2D eigenvalue weighted by atomic mass is 31.2. The number of unbranched alkanes of at least 4 members (excludes halogenated alkanes) is 27. The molecule has 370 valence electrons. The number of phosphoric acid groups is 1. The van der Waals surface area contributed by atoms with Crippen LogP contribution in [0.3, 0.4) is 0 Å². The smallest absolute Gasteiger partial charge is 0.457 e. The lowest BCUT2D eigenvalue weighted by Gasteiger charge is -2.24. The molecule has 2 atom stereocenters. The van der Waals surface area contributed by atoms with Crippen LogP contribution in [-0.4, -0.2) is 75.6 Å². The lowest BCUT2D eigenvalue weighted by molar-refractivity contribution is -0.870. The maximum Gasteiger partial charge on any atom is 0.472 e. The lowest BCUT2D eigenvalue weighted by atomic mass is 10.0. The molecule has 0 aliphatic rings. The van der Waals surface area contributed by atoms with Crippen LogP contribution in [0.4, 0.5) is 0 Å². The van der Waals surface area contributed by atoms with Gasteiger partial charge in [-0.2, -0.15) is 0 Å². The summed E-state index contributed by atoms with van der Waals surface area (Å²) in [7, 11) is 1.65. The molecule has 2 unspecified atom stereocenters. The third-order valence-corrected chi connectivity index (χ3v) is 12.4. The number of carbonyl (C=O) groups is 1. The van der Waals surface area contributed by atoms with Crippen molar-refractivity contribution in [2.75, 3.05) is 54.1 Å². The Kier molecular flexibility index (Phi) is 45.8. The summed E-state index contributed by atoms with van der Waals surface area (Å²) in [5, 5.41) is 0. The number of phosphoric ester groups is 1. The molecule has 63 heavy (non-hydrogen) atoms. The van der Waals surface area contributed by atoms with Gasteiger partial charge in [-0.3, -0.25) is 13.8 Å². The summed E-state index contributed by atoms with van der Waals surface area (Å²) in [6, 6.07) is 0. The van der Waals surface area contributed by atoms with E-state index in [-0.39, 0.29) is 25.8 Å². The third kappa shape index (κ3) is 51.3. The minimum absolute atomic E-state index is 0.0821. The molecular formula is C54H103NO7P+. The van der Waals surface area contributed by atoms with Crippen LogP contribution in [0.25, 0.3) is 0 Å². The van der Waals surface area contributed by atoms with Crippen molar-refractivity contribution < 1.29 is 37.3 Å². The predicted octanol–water partition coefficient (Wildman–Crippen LogP) is 16.3. The minimum atomic E-state index is -4.29. The minimum Gasteiger partial charge on any atom is -0.457 e. The van der Waals surface area contributed by atoms with Gasteiger partial charge in [0.05, 0.1) is 34.4 Å². The molecule has 0 bridgehead atoms. The third-order valence-electron chi connectivity index (χ3n) is 11.4. The van der Waals surface area contributed by atoms with E-state index in [0.717, 1.165) is 70.6 Å². The van der Waals surface area contributed by atoms with Crippen LogP contribution in [0, 0.1) is 0 Å². The summed E-state index contributed by atoms with van der Waals surface area (Å²) in [5.41, 5.74) is 0. The Morgan fingerprint density at radius 2 is 0.921 bits per heavy atom. The molecule has 0 aliphatic carbocycles. The summed E-state index contributed by atoms with van der Waals surface area (Å²) >= 11 is 0. The first-order valence-corrected chi connectivity index (χ1v) is 27.9. The van der Waals surface area contributed by atoms with E-state index in [0.29, 0.717) is 24.1 Å². The van der Waals surface area contributed by atoms with Gasteiger partial charge in [-0.1, -0.05) is 223 Å². The van der Waals surface area contributed by atoms with E-state index in [1.807, 2.05) is 21.1 Å². The molecule has 0 saturated heterocycles. The number of allylic oxidation sites excluding steroid dienone is 8. The van der Waals surface area contributed by atoms with Crippen molar-refractivity contribution in [3.8, 4) is 0 Å². The number of quaternary nitrogens is 1. The second-order valence-corrected chi connectivity index (χ2v) is 20.3. The van der Waals surface area contributed by atoms with E-state index in [4.69, 9.17) is 18.5 Å². The molecule has 0 aromatic carbocycles. The fourth-order valence-electron chi connectivity index (χ4n) is 7.37. The highest BCUT2D eigenvalue weighted by molar-refractivity contribution is 7.47. The molecule has 0 spiro atoms. The predicted molar refractivity (Wildman–Crippen MR) is 270 cm³/mol. The summed E-state index contributed by atoms with van der Waals surface area (Å²) in [4.78, 5) is 23.0.